The molecule has 29 heavy (non-hydrogen) atoms. The van der Waals surface area contributed by atoms with Crippen LogP contribution in [0, 0.1) is 0 Å². The molecule has 148 valence electrons. The molecule has 0 radical (unpaired) electrons. The third-order valence-electron chi connectivity index (χ3n) is 4.76. The summed E-state index contributed by atoms with van der Waals surface area (Å²) >= 11 is 0. The Kier molecular flexibility index (Phi) is 5.51. The molecule has 0 spiro atoms. The van der Waals surface area contributed by atoms with Gasteiger partial charge in [0.05, 0.1) is 12.7 Å². The number of piperazine rings is 1. The standard InChI is InChI=1S/C21H22N6O2/c1-29-20(28)16-5-4-6-17(15-16)24-21-23-10-8-19(25-21)27-13-11-26(12-14-27)18-7-2-3-9-22-18/h2-10,15H,11-14H2,1H3,(H,23,24,25). The average molecular weight is 390 g/mol. The minimum absolute atomic E-state index is 0.380. The molecule has 3 aromatic rings. The summed E-state index contributed by atoms with van der Waals surface area (Å²) in [5.41, 5.74) is 1.20. The number of rotatable bonds is 5. The van der Waals surface area contributed by atoms with Crippen LogP contribution < -0.4 is 15.1 Å². The van der Waals surface area contributed by atoms with Crippen LogP contribution in [0.3, 0.4) is 0 Å². The number of anilines is 4. The van der Waals surface area contributed by atoms with Gasteiger partial charge in [-0.05, 0) is 36.4 Å². The van der Waals surface area contributed by atoms with Gasteiger partial charge in [0.15, 0.2) is 0 Å². The molecule has 0 atom stereocenters. The second kappa shape index (κ2) is 8.55. The number of benzene rings is 1. The summed E-state index contributed by atoms with van der Waals surface area (Å²) in [6.07, 6.45) is 3.55. The van der Waals surface area contributed by atoms with Crippen molar-refractivity contribution in [3.63, 3.8) is 0 Å². The molecular formula is C21H22N6O2. The van der Waals surface area contributed by atoms with Crippen LogP contribution in [0.15, 0.2) is 60.9 Å². The molecule has 0 bridgehead atoms. The molecule has 0 aliphatic carbocycles. The van der Waals surface area contributed by atoms with E-state index in [-0.39, 0.29) is 5.97 Å². The van der Waals surface area contributed by atoms with E-state index in [1.54, 1.807) is 24.4 Å². The zero-order chi connectivity index (χ0) is 20.1. The molecular weight excluding hydrogens is 368 g/mol. The van der Waals surface area contributed by atoms with Gasteiger partial charge >= 0.3 is 5.97 Å². The molecule has 1 N–H and O–H groups in total. The van der Waals surface area contributed by atoms with Crippen LogP contribution >= 0.6 is 0 Å². The second-order valence-corrected chi connectivity index (χ2v) is 6.60. The molecule has 1 aromatic carbocycles. The number of hydrogen-bond donors (Lipinski definition) is 1. The van der Waals surface area contributed by atoms with Gasteiger partial charge < -0.3 is 19.9 Å². The first-order valence-electron chi connectivity index (χ1n) is 9.42. The maximum atomic E-state index is 11.7. The summed E-state index contributed by atoms with van der Waals surface area (Å²) in [7, 11) is 1.36. The lowest BCUT2D eigenvalue weighted by molar-refractivity contribution is 0.0601. The normalized spacial score (nSPS) is 13.8. The Bertz CT molecular complexity index is 974. The van der Waals surface area contributed by atoms with E-state index in [0.717, 1.165) is 43.5 Å². The average Bonchev–Trinajstić information content (AvgIpc) is 2.79. The fourth-order valence-electron chi connectivity index (χ4n) is 3.26. The lowest BCUT2D eigenvalue weighted by Crippen LogP contribution is -2.47. The van der Waals surface area contributed by atoms with Gasteiger partial charge in [-0.15, -0.1) is 0 Å². The highest BCUT2D eigenvalue weighted by Gasteiger charge is 2.19. The number of hydrogen-bond acceptors (Lipinski definition) is 8. The van der Waals surface area contributed by atoms with Gasteiger partial charge in [-0.1, -0.05) is 12.1 Å². The highest BCUT2D eigenvalue weighted by Crippen LogP contribution is 2.20. The van der Waals surface area contributed by atoms with Crippen molar-refractivity contribution < 1.29 is 9.53 Å². The van der Waals surface area contributed by atoms with Crippen molar-refractivity contribution in [2.45, 2.75) is 0 Å². The molecule has 1 aliphatic heterocycles. The van der Waals surface area contributed by atoms with Crippen LogP contribution in [0.4, 0.5) is 23.3 Å². The Balaban J connectivity index is 1.42. The summed E-state index contributed by atoms with van der Waals surface area (Å²) < 4.78 is 4.77. The summed E-state index contributed by atoms with van der Waals surface area (Å²) in [5, 5.41) is 3.16. The van der Waals surface area contributed by atoms with Crippen molar-refractivity contribution in [1.29, 1.82) is 0 Å². The largest absolute Gasteiger partial charge is 0.465 e. The van der Waals surface area contributed by atoms with Gasteiger partial charge in [0.1, 0.15) is 11.6 Å². The third-order valence-corrected chi connectivity index (χ3v) is 4.76. The number of carbonyl (C=O) groups is 1. The van der Waals surface area contributed by atoms with Gasteiger partial charge in [0.2, 0.25) is 5.95 Å². The number of nitrogens with zero attached hydrogens (tertiary/aromatic N) is 5. The van der Waals surface area contributed by atoms with Gasteiger partial charge in [-0.3, -0.25) is 0 Å². The molecule has 4 rings (SSSR count). The van der Waals surface area contributed by atoms with Crippen LogP contribution in [0.5, 0.6) is 0 Å². The fourth-order valence-corrected chi connectivity index (χ4v) is 3.26. The van der Waals surface area contributed by atoms with E-state index in [4.69, 9.17) is 4.74 Å². The summed E-state index contributed by atoms with van der Waals surface area (Å²) in [6.45, 7) is 3.46. The number of ether oxygens (including phenoxy) is 1. The van der Waals surface area contributed by atoms with E-state index < -0.39 is 0 Å². The highest BCUT2D eigenvalue weighted by atomic mass is 16.5. The monoisotopic (exact) mass is 390 g/mol. The van der Waals surface area contributed by atoms with Crippen LogP contribution in [0.1, 0.15) is 10.4 Å². The highest BCUT2D eigenvalue weighted by molar-refractivity contribution is 5.90. The molecule has 0 amide bonds. The number of carbonyl (C=O) groups excluding carboxylic acids is 1. The Morgan fingerprint density at radius 3 is 2.45 bits per heavy atom. The van der Waals surface area contributed by atoms with Gasteiger partial charge in [0, 0.05) is 44.3 Å². The Morgan fingerprint density at radius 1 is 0.931 bits per heavy atom. The predicted octanol–water partition coefficient (Wildman–Crippen LogP) is 2.73. The van der Waals surface area contributed by atoms with E-state index in [2.05, 4.69) is 30.1 Å². The zero-order valence-electron chi connectivity index (χ0n) is 16.2. The minimum atomic E-state index is -0.380. The topological polar surface area (TPSA) is 83.5 Å². The second-order valence-electron chi connectivity index (χ2n) is 6.60. The van der Waals surface area contributed by atoms with Crippen molar-refractivity contribution in [1.82, 2.24) is 15.0 Å². The van der Waals surface area contributed by atoms with E-state index in [1.807, 2.05) is 36.5 Å². The quantitative estimate of drug-likeness (QED) is 0.666. The summed E-state index contributed by atoms with van der Waals surface area (Å²) in [5.74, 6) is 1.97. The molecule has 2 aromatic heterocycles. The van der Waals surface area contributed by atoms with E-state index in [0.29, 0.717) is 11.5 Å². The van der Waals surface area contributed by atoms with Gasteiger partial charge in [-0.25, -0.2) is 14.8 Å². The Morgan fingerprint density at radius 2 is 1.72 bits per heavy atom. The SMILES string of the molecule is COC(=O)c1cccc(Nc2nccc(N3CCN(c4ccccn4)CC3)n2)c1. The first-order chi connectivity index (χ1) is 14.2. The van der Waals surface area contributed by atoms with Crippen LogP contribution in [-0.2, 0) is 4.74 Å². The van der Waals surface area contributed by atoms with Crippen molar-refractivity contribution in [2.24, 2.45) is 0 Å². The molecule has 3 heterocycles. The summed E-state index contributed by atoms with van der Waals surface area (Å²) in [4.78, 5) is 29.6. The number of methoxy groups -OCH3 is 1. The Labute approximate surface area is 169 Å². The maximum absolute atomic E-state index is 11.7. The van der Waals surface area contributed by atoms with E-state index in [1.165, 1.54) is 7.11 Å². The molecule has 8 heteroatoms. The number of nitrogens with one attached hydrogen (secondary N) is 1. The predicted molar refractivity (Wildman–Crippen MR) is 112 cm³/mol. The van der Waals surface area contributed by atoms with Crippen molar-refractivity contribution >= 4 is 29.2 Å². The maximum Gasteiger partial charge on any atom is 0.337 e. The first kappa shape index (κ1) is 18.7. The number of aromatic nitrogens is 3. The van der Waals surface area contributed by atoms with Crippen LogP contribution in [0.2, 0.25) is 0 Å². The lowest BCUT2D eigenvalue weighted by Gasteiger charge is -2.36. The van der Waals surface area contributed by atoms with Crippen molar-refractivity contribution in [3.8, 4) is 0 Å². The smallest absolute Gasteiger partial charge is 0.337 e. The third kappa shape index (κ3) is 4.43. The molecule has 1 fully saturated rings. The van der Waals surface area contributed by atoms with Crippen LogP contribution in [0.25, 0.3) is 0 Å². The van der Waals surface area contributed by atoms with Gasteiger partial charge in [-0.2, -0.15) is 4.98 Å². The van der Waals surface area contributed by atoms with Crippen molar-refractivity contribution in [2.75, 3.05) is 48.4 Å². The molecule has 8 nitrogen and oxygen atoms in total. The summed E-state index contributed by atoms with van der Waals surface area (Å²) in [6, 6.07) is 14.9. The first-order valence-corrected chi connectivity index (χ1v) is 9.42. The number of esters is 1. The van der Waals surface area contributed by atoms with Crippen molar-refractivity contribution in [3.05, 3.63) is 66.5 Å². The molecule has 0 saturated carbocycles. The van der Waals surface area contributed by atoms with Crippen LogP contribution in [-0.4, -0.2) is 54.2 Å². The lowest BCUT2D eigenvalue weighted by atomic mass is 10.2. The number of pyridine rings is 1. The zero-order valence-corrected chi connectivity index (χ0v) is 16.2. The van der Waals surface area contributed by atoms with E-state index >= 15 is 0 Å². The van der Waals surface area contributed by atoms with Gasteiger partial charge in [0.25, 0.3) is 0 Å². The van der Waals surface area contributed by atoms with E-state index in [9.17, 15) is 4.79 Å². The Hall–Kier alpha value is -3.68. The fraction of sp³-hybridized carbons (Fsp3) is 0.238. The molecule has 1 saturated heterocycles. The molecule has 1 aliphatic rings. The minimum Gasteiger partial charge on any atom is -0.465 e. The molecule has 0 unspecified atom stereocenters.